The predicted octanol–water partition coefficient (Wildman–Crippen LogP) is 13.7. The lowest BCUT2D eigenvalue weighted by Gasteiger charge is -2.31. The number of nitrogens with zero attached hydrogens (tertiary/aromatic N) is 1. The van der Waals surface area contributed by atoms with Crippen molar-refractivity contribution in [3.63, 3.8) is 0 Å². The van der Waals surface area contributed by atoms with E-state index in [9.17, 15) is 0 Å². The summed E-state index contributed by atoms with van der Waals surface area (Å²) < 4.78 is 0. The third-order valence-electron chi connectivity index (χ3n) is 13.8. The molecule has 1 N–H and O–H groups in total. The zero-order valence-electron chi connectivity index (χ0n) is 34.4. The van der Waals surface area contributed by atoms with Crippen LogP contribution in [0.25, 0.3) is 11.1 Å². The molecule has 59 heavy (non-hydrogen) atoms. The summed E-state index contributed by atoms with van der Waals surface area (Å²) in [4.78, 5) is 5.14. The molecule has 0 saturated carbocycles. The quantitative estimate of drug-likeness (QED) is 0.226. The Hall–Kier alpha value is -5.73. The zero-order chi connectivity index (χ0) is 39.5. The molecule has 0 fully saturated rings. The SMILES string of the molecule is CCc1ccc2c(c1C1=CC3C=CC(N/C=C/C(=C\C(CC4C=CC=C5c6ccccc6CC54)C4C=CC=CC4)C4=CCCC=C4)=CC3C=C1)CC(C1=CCCC=C1)=N2. The van der Waals surface area contributed by atoms with Crippen LogP contribution in [-0.2, 0) is 19.3 Å². The van der Waals surface area contributed by atoms with E-state index in [2.05, 4.69) is 182 Å². The van der Waals surface area contributed by atoms with Crippen molar-refractivity contribution in [1.29, 1.82) is 0 Å². The van der Waals surface area contributed by atoms with Gasteiger partial charge in [0.25, 0.3) is 0 Å². The Kier molecular flexibility index (Phi) is 10.7. The minimum atomic E-state index is 0.324. The number of hydrogen-bond acceptors (Lipinski definition) is 2. The Morgan fingerprint density at radius 3 is 2.56 bits per heavy atom. The Morgan fingerprint density at radius 2 is 1.71 bits per heavy atom. The first-order valence-electron chi connectivity index (χ1n) is 22.4. The van der Waals surface area contributed by atoms with Crippen LogP contribution in [0.5, 0.6) is 0 Å². The van der Waals surface area contributed by atoms with E-state index in [1.54, 1.807) is 0 Å². The lowest BCUT2D eigenvalue weighted by atomic mass is 9.73. The van der Waals surface area contributed by atoms with E-state index in [0.29, 0.717) is 35.5 Å². The number of hydrogen-bond donors (Lipinski definition) is 1. The van der Waals surface area contributed by atoms with Gasteiger partial charge in [-0.05, 0) is 149 Å². The fourth-order valence-electron chi connectivity index (χ4n) is 10.7. The molecule has 0 spiro atoms. The minimum absolute atomic E-state index is 0.324. The summed E-state index contributed by atoms with van der Waals surface area (Å²) in [6.45, 7) is 2.28. The van der Waals surface area contributed by atoms with Gasteiger partial charge in [0, 0.05) is 30.2 Å². The van der Waals surface area contributed by atoms with Gasteiger partial charge in [0.15, 0.2) is 0 Å². The lowest BCUT2D eigenvalue weighted by Crippen LogP contribution is -2.22. The first kappa shape index (κ1) is 37.5. The van der Waals surface area contributed by atoms with Crippen molar-refractivity contribution in [3.8, 4) is 0 Å². The highest BCUT2D eigenvalue weighted by atomic mass is 14.8. The summed E-state index contributed by atoms with van der Waals surface area (Å²) in [5, 5.41) is 3.71. The molecule has 294 valence electrons. The Morgan fingerprint density at radius 1 is 0.831 bits per heavy atom. The summed E-state index contributed by atoms with van der Waals surface area (Å²) in [6.07, 6.45) is 61.8. The van der Waals surface area contributed by atoms with Crippen LogP contribution in [0.1, 0.15) is 73.3 Å². The number of fused-ring (bicyclic) bond motifs is 5. The second-order valence-corrected chi connectivity index (χ2v) is 17.4. The molecule has 2 nitrogen and oxygen atoms in total. The molecule has 1 aliphatic heterocycles. The highest BCUT2D eigenvalue weighted by Gasteiger charge is 2.35. The van der Waals surface area contributed by atoms with Gasteiger partial charge < -0.3 is 5.32 Å². The van der Waals surface area contributed by atoms with Gasteiger partial charge in [-0.25, -0.2) is 0 Å². The maximum atomic E-state index is 5.14. The summed E-state index contributed by atoms with van der Waals surface area (Å²) in [5.74, 6) is 2.64. The van der Waals surface area contributed by atoms with Gasteiger partial charge in [-0.15, -0.1) is 0 Å². The van der Waals surface area contributed by atoms with Crippen molar-refractivity contribution in [2.24, 2.45) is 40.5 Å². The molecule has 8 aliphatic rings. The Balaban J connectivity index is 0.868. The van der Waals surface area contributed by atoms with E-state index < -0.39 is 0 Å². The van der Waals surface area contributed by atoms with Crippen molar-refractivity contribution in [2.75, 3.05) is 0 Å². The number of aryl methyl sites for hydroxylation is 1. The summed E-state index contributed by atoms with van der Waals surface area (Å²) >= 11 is 0. The highest BCUT2D eigenvalue weighted by molar-refractivity contribution is 6.09. The van der Waals surface area contributed by atoms with E-state index in [4.69, 9.17) is 4.99 Å². The van der Waals surface area contributed by atoms with Crippen LogP contribution in [0.3, 0.4) is 0 Å². The summed E-state index contributed by atoms with van der Waals surface area (Å²) in [7, 11) is 0. The molecule has 2 heteroatoms. The molecule has 2 aromatic carbocycles. The van der Waals surface area contributed by atoms with Crippen LogP contribution in [-0.4, -0.2) is 5.71 Å². The standard InChI is InChI=1S/C57H56N2/c1-2-39-28-30-55-54(38-56(59-55)42-19-10-5-11-20-42)57(39)48-26-25-44-36-50(29-27-43(44)33-48)58-32-31-45(40-15-6-3-7-16-40)34-49(41-17-8-4-9-18-41)35-46-22-14-24-52-51-23-13-12-21-47(51)37-53(46)52/h4,6,8-10,12-17,19-34,36,41,43-44,46,49,53,58H,2-3,5,7,11,18,35,37-38H2,1H3/b32-31+,45-34+. The van der Waals surface area contributed by atoms with Crippen LogP contribution in [0, 0.1) is 35.5 Å². The lowest BCUT2D eigenvalue weighted by molar-refractivity contribution is 0.349. The Labute approximate surface area is 352 Å². The number of allylic oxidation sites excluding steroid dienone is 26. The zero-order valence-corrected chi connectivity index (χ0v) is 34.4. The Bertz CT molecular complexity index is 2480. The van der Waals surface area contributed by atoms with Gasteiger partial charge in [-0.3, -0.25) is 4.99 Å². The monoisotopic (exact) mass is 768 g/mol. The van der Waals surface area contributed by atoms with Crippen LogP contribution >= 0.6 is 0 Å². The maximum absolute atomic E-state index is 5.14. The molecular formula is C57H56N2. The summed E-state index contributed by atoms with van der Waals surface area (Å²) in [5.41, 5.74) is 17.5. The topological polar surface area (TPSA) is 24.4 Å². The van der Waals surface area contributed by atoms with E-state index >= 15 is 0 Å². The third-order valence-corrected chi connectivity index (χ3v) is 13.8. The van der Waals surface area contributed by atoms with Crippen molar-refractivity contribution >= 4 is 22.5 Å². The van der Waals surface area contributed by atoms with Gasteiger partial charge in [0.1, 0.15) is 0 Å². The van der Waals surface area contributed by atoms with Gasteiger partial charge in [-0.2, -0.15) is 0 Å². The van der Waals surface area contributed by atoms with E-state index in [-0.39, 0.29) is 0 Å². The molecule has 0 bridgehead atoms. The molecule has 0 aromatic heterocycles. The number of benzene rings is 2. The molecule has 6 unspecified atom stereocenters. The number of nitrogens with one attached hydrogen (secondary N) is 1. The predicted molar refractivity (Wildman–Crippen MR) is 250 cm³/mol. The average Bonchev–Trinajstić information content (AvgIpc) is 3.91. The van der Waals surface area contributed by atoms with Crippen LogP contribution in [0.4, 0.5) is 5.69 Å². The normalized spacial score (nSPS) is 26.7. The molecule has 6 atom stereocenters. The first-order valence-corrected chi connectivity index (χ1v) is 22.4. The van der Waals surface area contributed by atoms with Crippen molar-refractivity contribution in [2.45, 2.75) is 64.7 Å². The van der Waals surface area contributed by atoms with Crippen molar-refractivity contribution < 1.29 is 0 Å². The van der Waals surface area contributed by atoms with Crippen LogP contribution in [0.2, 0.25) is 0 Å². The second-order valence-electron chi connectivity index (χ2n) is 17.4. The molecule has 0 amide bonds. The fourth-order valence-corrected chi connectivity index (χ4v) is 10.7. The van der Waals surface area contributed by atoms with E-state index in [0.717, 1.165) is 69.2 Å². The van der Waals surface area contributed by atoms with Crippen LogP contribution in [0.15, 0.2) is 198 Å². The van der Waals surface area contributed by atoms with Gasteiger partial charge in [-0.1, -0.05) is 153 Å². The van der Waals surface area contributed by atoms with Gasteiger partial charge in [0.2, 0.25) is 0 Å². The fraction of sp³-hybridized carbons (Fsp3) is 0.281. The molecule has 0 saturated heterocycles. The number of aliphatic imine (C=N–C) groups is 1. The maximum Gasteiger partial charge on any atom is 0.0675 e. The third kappa shape index (κ3) is 7.78. The van der Waals surface area contributed by atoms with Crippen LogP contribution < -0.4 is 5.32 Å². The molecule has 0 radical (unpaired) electrons. The highest BCUT2D eigenvalue weighted by Crippen LogP contribution is 2.47. The average molecular weight is 769 g/mol. The molecule has 10 rings (SSSR count). The minimum Gasteiger partial charge on any atom is -0.362 e. The van der Waals surface area contributed by atoms with E-state index in [1.165, 1.54) is 61.4 Å². The smallest absolute Gasteiger partial charge is 0.0675 e. The molecular weight excluding hydrogens is 713 g/mol. The van der Waals surface area contributed by atoms with Gasteiger partial charge in [0.05, 0.1) is 11.4 Å². The molecule has 1 heterocycles. The van der Waals surface area contributed by atoms with Crippen molar-refractivity contribution in [1.82, 2.24) is 5.32 Å². The second kappa shape index (κ2) is 16.9. The molecule has 2 aromatic rings. The van der Waals surface area contributed by atoms with Crippen molar-refractivity contribution in [3.05, 3.63) is 220 Å². The largest absolute Gasteiger partial charge is 0.362 e. The van der Waals surface area contributed by atoms with Gasteiger partial charge >= 0.3 is 0 Å². The molecule has 7 aliphatic carbocycles. The number of rotatable bonds is 11. The summed E-state index contributed by atoms with van der Waals surface area (Å²) in [6, 6.07) is 13.6. The van der Waals surface area contributed by atoms with E-state index in [1.807, 2.05) is 0 Å². The first-order chi connectivity index (χ1) is 29.2.